The van der Waals surface area contributed by atoms with E-state index in [0.29, 0.717) is 25.6 Å². The van der Waals surface area contributed by atoms with Gasteiger partial charge in [-0.25, -0.2) is 0 Å². The van der Waals surface area contributed by atoms with Gasteiger partial charge in [0, 0.05) is 10.6 Å². The molecule has 0 aliphatic rings. The monoisotopic (exact) mass is 388 g/mol. The van der Waals surface area contributed by atoms with Crippen LogP contribution >= 0.6 is 11.3 Å². The van der Waals surface area contributed by atoms with Gasteiger partial charge in [0.25, 0.3) is 11.8 Å². The summed E-state index contributed by atoms with van der Waals surface area (Å²) in [5, 5.41) is 7.83. The molecule has 0 fully saturated rings. The molecule has 1 unspecified atom stereocenters. The second-order valence-corrected chi connectivity index (χ2v) is 7.82. The number of amides is 2. The minimum atomic E-state index is -0.0748. The van der Waals surface area contributed by atoms with Gasteiger partial charge in [-0.15, -0.1) is 11.3 Å². The number of carbonyl (C=O) groups is 2. The van der Waals surface area contributed by atoms with E-state index < -0.39 is 0 Å². The van der Waals surface area contributed by atoms with Crippen molar-refractivity contribution in [3.63, 3.8) is 0 Å². The van der Waals surface area contributed by atoms with Gasteiger partial charge in [-0.2, -0.15) is 0 Å². The van der Waals surface area contributed by atoms with Crippen LogP contribution < -0.4 is 15.5 Å². The highest BCUT2D eigenvalue weighted by Crippen LogP contribution is 2.20. The molecule has 5 nitrogen and oxygen atoms in total. The van der Waals surface area contributed by atoms with Crippen molar-refractivity contribution >= 4 is 28.8 Å². The van der Waals surface area contributed by atoms with Gasteiger partial charge in [0.05, 0.1) is 13.1 Å². The zero-order valence-electron chi connectivity index (χ0n) is 16.4. The van der Waals surface area contributed by atoms with Crippen LogP contribution in [0.1, 0.15) is 43.6 Å². The third-order valence-electron chi connectivity index (χ3n) is 4.74. The summed E-state index contributed by atoms with van der Waals surface area (Å²) in [6, 6.07) is 12.0. The molecule has 0 saturated heterocycles. The summed E-state index contributed by atoms with van der Waals surface area (Å²) >= 11 is 1.62. The van der Waals surface area contributed by atoms with Crippen molar-refractivity contribution in [3.05, 3.63) is 52.2 Å². The van der Waals surface area contributed by atoms with E-state index in [2.05, 4.69) is 36.6 Å². The van der Waals surface area contributed by atoms with Crippen LogP contribution in [-0.2, 0) is 16.1 Å². The summed E-state index contributed by atoms with van der Waals surface area (Å²) < 4.78 is 0. The van der Waals surface area contributed by atoms with Gasteiger partial charge in [0.15, 0.2) is 13.1 Å². The Morgan fingerprint density at radius 3 is 2.37 bits per heavy atom. The van der Waals surface area contributed by atoms with Crippen LogP contribution in [0.15, 0.2) is 41.8 Å². The minimum absolute atomic E-state index is 0.0362. The van der Waals surface area contributed by atoms with Gasteiger partial charge < -0.3 is 15.5 Å². The number of likely N-dealkylation sites (N-methyl/N-ethyl adjacent to an activating group) is 1. The van der Waals surface area contributed by atoms with Gasteiger partial charge in [0.2, 0.25) is 0 Å². The predicted molar refractivity (Wildman–Crippen MR) is 111 cm³/mol. The van der Waals surface area contributed by atoms with Crippen molar-refractivity contribution in [1.29, 1.82) is 0 Å². The molecular formula is C21H30N3O2S+. The number of thiophene rings is 1. The molecule has 2 rings (SSSR count). The fourth-order valence-electron chi connectivity index (χ4n) is 2.76. The normalized spacial score (nSPS) is 13.0. The fraction of sp³-hybridized carbons (Fsp3) is 0.429. The third kappa shape index (κ3) is 7.15. The lowest BCUT2D eigenvalue weighted by Gasteiger charge is -2.17. The summed E-state index contributed by atoms with van der Waals surface area (Å²) in [4.78, 5) is 26.5. The first-order valence-corrected chi connectivity index (χ1v) is 10.4. The molecule has 1 aromatic carbocycles. The number of nitrogens with one attached hydrogen (secondary N) is 3. The average Bonchev–Trinajstić information content (AvgIpc) is 3.19. The standard InChI is InChI=1S/C21H29N3O2S/c1-4-16(3)17-8-10-18(11-9-17)23-21(26)15-24(5-2)14-20(25)22-13-19-7-6-12-27-19/h6-12,16H,4-5,13-15H2,1-3H3,(H,22,25)(H,23,26)/p+1/t16-/m0/s1. The Kier molecular flexibility index (Phi) is 8.48. The molecule has 6 heteroatoms. The number of carbonyl (C=O) groups excluding carboxylic acids is 2. The minimum Gasteiger partial charge on any atom is -0.346 e. The Balaban J connectivity index is 1.78. The maximum atomic E-state index is 12.3. The van der Waals surface area contributed by atoms with Crippen molar-refractivity contribution in [2.75, 3.05) is 25.0 Å². The van der Waals surface area contributed by atoms with E-state index in [1.807, 2.05) is 36.6 Å². The van der Waals surface area contributed by atoms with Gasteiger partial charge in [-0.05, 0) is 48.4 Å². The molecule has 2 amide bonds. The molecule has 0 aliphatic heterocycles. The number of benzene rings is 1. The smallest absolute Gasteiger partial charge is 0.279 e. The maximum Gasteiger partial charge on any atom is 0.279 e. The van der Waals surface area contributed by atoms with Crippen LogP contribution in [-0.4, -0.2) is 31.4 Å². The van der Waals surface area contributed by atoms with Crippen molar-refractivity contribution in [2.24, 2.45) is 0 Å². The zero-order chi connectivity index (χ0) is 19.6. The number of anilines is 1. The lowest BCUT2D eigenvalue weighted by molar-refractivity contribution is -0.881. The zero-order valence-corrected chi connectivity index (χ0v) is 17.2. The molecule has 2 aromatic rings. The Bertz CT molecular complexity index is 714. The first-order chi connectivity index (χ1) is 13.0. The highest BCUT2D eigenvalue weighted by atomic mass is 32.1. The molecule has 1 heterocycles. The van der Waals surface area contributed by atoms with Crippen molar-refractivity contribution in [3.8, 4) is 0 Å². The van der Waals surface area contributed by atoms with Gasteiger partial charge in [-0.1, -0.05) is 32.0 Å². The molecule has 3 N–H and O–H groups in total. The van der Waals surface area contributed by atoms with Crippen molar-refractivity contribution in [1.82, 2.24) is 5.32 Å². The van der Waals surface area contributed by atoms with Crippen molar-refractivity contribution in [2.45, 2.75) is 39.7 Å². The summed E-state index contributed by atoms with van der Waals surface area (Å²) in [5.74, 6) is 0.405. The Labute approximate surface area is 165 Å². The van der Waals surface area contributed by atoms with Crippen LogP contribution in [0.3, 0.4) is 0 Å². The van der Waals surface area contributed by atoms with Crippen LogP contribution in [0.4, 0.5) is 5.69 Å². The number of hydrogen-bond acceptors (Lipinski definition) is 3. The van der Waals surface area contributed by atoms with Crippen molar-refractivity contribution < 1.29 is 14.5 Å². The highest BCUT2D eigenvalue weighted by Gasteiger charge is 2.17. The quantitative estimate of drug-likeness (QED) is 0.585. The highest BCUT2D eigenvalue weighted by molar-refractivity contribution is 7.09. The van der Waals surface area contributed by atoms with Crippen LogP contribution in [0.2, 0.25) is 0 Å². The van der Waals surface area contributed by atoms with E-state index in [-0.39, 0.29) is 18.4 Å². The first-order valence-electron chi connectivity index (χ1n) is 9.54. The Hall–Kier alpha value is -2.18. The first kappa shape index (κ1) is 21.1. The number of quaternary nitrogens is 1. The topological polar surface area (TPSA) is 62.6 Å². The SMILES string of the molecule is CC[C@H](C)c1ccc(NC(=O)C[NH+](CC)CC(=O)NCc2cccs2)cc1. The molecule has 0 spiro atoms. The summed E-state index contributed by atoms with van der Waals surface area (Å²) in [7, 11) is 0. The number of hydrogen-bond donors (Lipinski definition) is 3. The second kappa shape index (κ2) is 10.8. The van der Waals surface area contributed by atoms with E-state index in [1.54, 1.807) is 11.3 Å². The Morgan fingerprint density at radius 1 is 1.07 bits per heavy atom. The summed E-state index contributed by atoms with van der Waals surface area (Å²) in [6.07, 6.45) is 1.09. The number of rotatable bonds is 10. The molecule has 0 radical (unpaired) electrons. The molecule has 1 aromatic heterocycles. The average molecular weight is 389 g/mol. The molecule has 146 valence electrons. The van der Waals surface area contributed by atoms with Gasteiger partial charge in [-0.3, -0.25) is 9.59 Å². The summed E-state index contributed by atoms with van der Waals surface area (Å²) in [5.41, 5.74) is 2.07. The van der Waals surface area contributed by atoms with Gasteiger partial charge in [0.1, 0.15) is 0 Å². The molecular weight excluding hydrogens is 358 g/mol. The molecule has 2 atom stereocenters. The summed E-state index contributed by atoms with van der Waals surface area (Å²) in [6.45, 7) is 8.17. The van der Waals surface area contributed by atoms with Gasteiger partial charge >= 0.3 is 0 Å². The van der Waals surface area contributed by atoms with Crippen LogP contribution in [0, 0.1) is 0 Å². The van der Waals surface area contributed by atoms with E-state index in [1.165, 1.54) is 5.56 Å². The predicted octanol–water partition coefficient (Wildman–Crippen LogP) is 2.42. The lowest BCUT2D eigenvalue weighted by Crippen LogP contribution is -3.13. The van der Waals surface area contributed by atoms with E-state index in [4.69, 9.17) is 0 Å². The fourth-order valence-corrected chi connectivity index (χ4v) is 3.41. The van der Waals surface area contributed by atoms with Crippen LogP contribution in [0.25, 0.3) is 0 Å². The Morgan fingerprint density at radius 2 is 1.78 bits per heavy atom. The maximum absolute atomic E-state index is 12.3. The van der Waals surface area contributed by atoms with E-state index in [9.17, 15) is 9.59 Å². The lowest BCUT2D eigenvalue weighted by atomic mass is 9.99. The second-order valence-electron chi connectivity index (χ2n) is 6.79. The molecule has 0 bridgehead atoms. The largest absolute Gasteiger partial charge is 0.346 e. The van der Waals surface area contributed by atoms with E-state index >= 15 is 0 Å². The van der Waals surface area contributed by atoms with E-state index in [0.717, 1.165) is 21.9 Å². The molecule has 0 saturated carbocycles. The molecule has 0 aliphatic carbocycles. The third-order valence-corrected chi connectivity index (χ3v) is 5.61. The molecule has 27 heavy (non-hydrogen) atoms. The van der Waals surface area contributed by atoms with Crippen LogP contribution in [0.5, 0.6) is 0 Å².